The third-order valence-corrected chi connectivity index (χ3v) is 10.5. The van der Waals surface area contributed by atoms with Crippen LogP contribution in [-0.2, 0) is 9.53 Å². The molecule has 0 heterocycles. The zero-order chi connectivity index (χ0) is 25.1. The van der Waals surface area contributed by atoms with E-state index in [4.69, 9.17) is 4.74 Å². The predicted octanol–water partition coefficient (Wildman–Crippen LogP) is 6.13. The maximum absolute atomic E-state index is 11.5. The lowest BCUT2D eigenvalue weighted by Crippen LogP contribution is -2.47. The van der Waals surface area contributed by atoms with Crippen LogP contribution in [0.4, 0.5) is 0 Å². The molecule has 2 N–H and O–H groups in total. The Balaban J connectivity index is 1.55. The molecule has 0 aliphatic heterocycles. The van der Waals surface area contributed by atoms with Crippen LogP contribution in [0.1, 0.15) is 93.4 Å². The SMILES string of the molecule is CC(=O)O[C@H]1CC[C@@]2(C)C(=CC=C3[C@@H]4CC[C@H]([C@H](C)/C=C/C(C)(O)C(C)(C)O)[C@@]4(C)CC[C@@H]32)C1. The first-order valence-electron chi connectivity index (χ1n) is 13.4. The van der Waals surface area contributed by atoms with Crippen molar-refractivity contribution < 1.29 is 19.7 Å². The number of esters is 1. The average molecular weight is 471 g/mol. The maximum Gasteiger partial charge on any atom is 0.302 e. The van der Waals surface area contributed by atoms with E-state index in [1.807, 2.05) is 6.08 Å². The molecule has 0 aromatic rings. The van der Waals surface area contributed by atoms with Gasteiger partial charge in [0.15, 0.2) is 0 Å². The fourth-order valence-corrected chi connectivity index (χ4v) is 7.89. The molecule has 0 radical (unpaired) electrons. The first-order valence-corrected chi connectivity index (χ1v) is 13.4. The Hall–Kier alpha value is -1.39. The van der Waals surface area contributed by atoms with Crippen LogP contribution < -0.4 is 0 Å². The zero-order valence-corrected chi connectivity index (χ0v) is 22.4. The quantitative estimate of drug-likeness (QED) is 0.375. The van der Waals surface area contributed by atoms with Gasteiger partial charge in [-0.25, -0.2) is 0 Å². The minimum atomic E-state index is -1.25. The lowest BCUT2D eigenvalue weighted by molar-refractivity contribution is -0.148. The normalized spacial score (nSPS) is 40.4. The number of ether oxygens (including phenoxy) is 1. The number of hydrogen-bond acceptors (Lipinski definition) is 4. The first-order chi connectivity index (χ1) is 15.7. The van der Waals surface area contributed by atoms with Crippen molar-refractivity contribution in [2.45, 2.75) is 111 Å². The van der Waals surface area contributed by atoms with Crippen molar-refractivity contribution in [2.24, 2.45) is 34.5 Å². The van der Waals surface area contributed by atoms with Gasteiger partial charge in [-0.2, -0.15) is 0 Å². The van der Waals surface area contributed by atoms with E-state index in [1.54, 1.807) is 26.3 Å². The third-order valence-electron chi connectivity index (χ3n) is 10.5. The molecule has 4 aliphatic rings. The molecule has 3 saturated carbocycles. The van der Waals surface area contributed by atoms with Gasteiger partial charge < -0.3 is 14.9 Å². The van der Waals surface area contributed by atoms with Gasteiger partial charge in [0, 0.05) is 13.3 Å². The predicted molar refractivity (Wildman–Crippen MR) is 136 cm³/mol. The molecule has 8 atom stereocenters. The highest BCUT2D eigenvalue weighted by Crippen LogP contribution is 2.66. The monoisotopic (exact) mass is 470 g/mol. The van der Waals surface area contributed by atoms with E-state index in [0.29, 0.717) is 23.7 Å². The molecule has 0 bridgehead atoms. The second-order valence-corrected chi connectivity index (χ2v) is 13.0. The van der Waals surface area contributed by atoms with Crippen LogP contribution in [0.2, 0.25) is 0 Å². The number of hydrogen-bond donors (Lipinski definition) is 2. The smallest absolute Gasteiger partial charge is 0.302 e. The molecule has 3 fully saturated rings. The Kier molecular flexibility index (Phi) is 6.52. The highest BCUT2D eigenvalue weighted by molar-refractivity contribution is 5.66. The minimum absolute atomic E-state index is 0.0326. The lowest BCUT2D eigenvalue weighted by Gasteiger charge is -2.55. The zero-order valence-electron chi connectivity index (χ0n) is 22.4. The Morgan fingerprint density at radius 1 is 1.09 bits per heavy atom. The summed E-state index contributed by atoms with van der Waals surface area (Å²) in [5, 5.41) is 21.0. The van der Waals surface area contributed by atoms with Gasteiger partial charge in [-0.05, 0) is 93.8 Å². The van der Waals surface area contributed by atoms with Gasteiger partial charge in [-0.3, -0.25) is 4.79 Å². The molecule has 0 saturated heterocycles. The van der Waals surface area contributed by atoms with Crippen molar-refractivity contribution in [3.63, 3.8) is 0 Å². The maximum atomic E-state index is 11.5. The Bertz CT molecular complexity index is 903. The number of aliphatic hydroxyl groups is 2. The van der Waals surface area contributed by atoms with E-state index in [0.717, 1.165) is 19.3 Å². The highest BCUT2D eigenvalue weighted by atomic mass is 16.5. The Morgan fingerprint density at radius 2 is 1.79 bits per heavy atom. The second-order valence-electron chi connectivity index (χ2n) is 13.0. The fourth-order valence-electron chi connectivity index (χ4n) is 7.89. The summed E-state index contributed by atoms with van der Waals surface area (Å²) >= 11 is 0. The molecule has 4 heteroatoms. The van der Waals surface area contributed by atoms with E-state index in [9.17, 15) is 15.0 Å². The molecular weight excluding hydrogens is 424 g/mol. The second kappa shape index (κ2) is 8.62. The molecule has 34 heavy (non-hydrogen) atoms. The highest BCUT2D eigenvalue weighted by Gasteiger charge is 2.57. The number of carbonyl (C=O) groups excluding carboxylic acids is 1. The topological polar surface area (TPSA) is 66.8 Å². The molecule has 0 aromatic carbocycles. The van der Waals surface area contributed by atoms with Gasteiger partial charge in [0.1, 0.15) is 11.7 Å². The number of fused-ring (bicyclic) bond motifs is 5. The fraction of sp³-hybridized carbons (Fsp3) is 0.767. The molecule has 4 rings (SSSR count). The van der Waals surface area contributed by atoms with Crippen LogP contribution in [0.15, 0.2) is 35.5 Å². The summed E-state index contributed by atoms with van der Waals surface area (Å²) in [4.78, 5) is 11.5. The molecule has 0 aromatic heterocycles. The van der Waals surface area contributed by atoms with Crippen molar-refractivity contribution in [1.82, 2.24) is 0 Å². The Labute approximate surface area is 206 Å². The largest absolute Gasteiger partial charge is 0.462 e. The molecule has 0 spiro atoms. The summed E-state index contributed by atoms with van der Waals surface area (Å²) in [7, 11) is 0. The van der Waals surface area contributed by atoms with Gasteiger partial charge in [-0.1, -0.05) is 56.2 Å². The minimum Gasteiger partial charge on any atom is -0.462 e. The molecular formula is C30H46O4. The van der Waals surface area contributed by atoms with Crippen LogP contribution in [-0.4, -0.2) is 33.5 Å². The molecule has 190 valence electrons. The van der Waals surface area contributed by atoms with Gasteiger partial charge in [0.2, 0.25) is 0 Å². The van der Waals surface area contributed by atoms with Crippen LogP contribution in [0.3, 0.4) is 0 Å². The first kappa shape index (κ1) is 25.7. The lowest BCUT2D eigenvalue weighted by atomic mass is 9.50. The standard InChI is InChI=1S/C30H46O4/c1-19(12-17-30(7,33)27(3,4)32)24-10-11-25-23-9-8-21-18-22(34-20(2)31)13-15-28(21,5)26(23)14-16-29(24,25)6/h8-9,12,17,19,22,24-26,32-33H,10-11,13-16,18H2,1-7H3/b17-12+/t19-,22+,24-,25+,26+,28+,29-,30?/m1/s1. The van der Waals surface area contributed by atoms with E-state index in [1.165, 1.54) is 38.2 Å². The summed E-state index contributed by atoms with van der Waals surface area (Å²) in [5.74, 6) is 1.97. The van der Waals surface area contributed by atoms with Crippen molar-refractivity contribution in [1.29, 1.82) is 0 Å². The summed E-state index contributed by atoms with van der Waals surface area (Å²) in [6, 6.07) is 0. The summed E-state index contributed by atoms with van der Waals surface area (Å²) in [6.45, 7) is 13.8. The molecule has 1 unspecified atom stereocenters. The molecule has 0 amide bonds. The third kappa shape index (κ3) is 4.23. The average Bonchev–Trinajstić information content (AvgIpc) is 3.08. The van der Waals surface area contributed by atoms with E-state index < -0.39 is 11.2 Å². The van der Waals surface area contributed by atoms with Gasteiger partial charge >= 0.3 is 5.97 Å². The van der Waals surface area contributed by atoms with E-state index >= 15 is 0 Å². The number of allylic oxidation sites excluding steroid dienone is 4. The van der Waals surface area contributed by atoms with Crippen LogP contribution in [0, 0.1) is 34.5 Å². The Morgan fingerprint density at radius 3 is 2.44 bits per heavy atom. The summed E-state index contributed by atoms with van der Waals surface area (Å²) < 4.78 is 5.57. The number of carbonyl (C=O) groups is 1. The van der Waals surface area contributed by atoms with E-state index in [-0.39, 0.29) is 22.9 Å². The van der Waals surface area contributed by atoms with Crippen molar-refractivity contribution in [2.75, 3.05) is 0 Å². The summed E-state index contributed by atoms with van der Waals surface area (Å²) in [6.07, 6.45) is 16.6. The van der Waals surface area contributed by atoms with Crippen molar-refractivity contribution in [3.05, 3.63) is 35.5 Å². The van der Waals surface area contributed by atoms with Crippen molar-refractivity contribution in [3.8, 4) is 0 Å². The van der Waals surface area contributed by atoms with Crippen LogP contribution in [0.25, 0.3) is 0 Å². The van der Waals surface area contributed by atoms with Gasteiger partial charge in [-0.15, -0.1) is 0 Å². The van der Waals surface area contributed by atoms with E-state index in [2.05, 4.69) is 39.0 Å². The van der Waals surface area contributed by atoms with Gasteiger partial charge in [0.05, 0.1) is 5.60 Å². The molecule has 4 nitrogen and oxygen atoms in total. The summed E-state index contributed by atoms with van der Waals surface area (Å²) in [5.41, 5.74) is 1.17. The number of rotatable bonds is 5. The molecule has 4 aliphatic carbocycles. The van der Waals surface area contributed by atoms with Crippen LogP contribution in [0.5, 0.6) is 0 Å². The van der Waals surface area contributed by atoms with Gasteiger partial charge in [0.25, 0.3) is 0 Å². The van der Waals surface area contributed by atoms with Crippen molar-refractivity contribution >= 4 is 5.97 Å². The van der Waals surface area contributed by atoms with Crippen LogP contribution >= 0.6 is 0 Å².